The van der Waals surface area contributed by atoms with Gasteiger partial charge in [-0.1, -0.05) is 26.8 Å². The van der Waals surface area contributed by atoms with E-state index in [0.29, 0.717) is 44.1 Å². The lowest BCUT2D eigenvalue weighted by atomic mass is 9.85. The van der Waals surface area contributed by atoms with Crippen molar-refractivity contribution in [3.63, 3.8) is 0 Å². The van der Waals surface area contributed by atoms with Gasteiger partial charge in [0.05, 0.1) is 24.0 Å². The average molecular weight is 764 g/mol. The predicted molar refractivity (Wildman–Crippen MR) is 186 cm³/mol. The van der Waals surface area contributed by atoms with Gasteiger partial charge in [-0.25, -0.2) is 18.2 Å². The number of amides is 4. The molecule has 6 rings (SSSR count). The number of cyclic esters (lactones) is 1. The number of aromatic nitrogens is 1. The summed E-state index contributed by atoms with van der Waals surface area (Å²) in [5.41, 5.74) is -2.98. The molecule has 4 bridgehead atoms. The number of nitrogens with one attached hydrogen (secondary N) is 3. The van der Waals surface area contributed by atoms with Gasteiger partial charge in [0.25, 0.3) is 5.91 Å². The normalized spacial score (nSPS) is 27.2. The Hall–Kier alpha value is -4.41. The Kier molecular flexibility index (Phi) is 10.2. The number of pyridine rings is 1. The summed E-state index contributed by atoms with van der Waals surface area (Å²) in [6, 6.07) is 1.46. The summed E-state index contributed by atoms with van der Waals surface area (Å²) in [4.78, 5) is 60.5. The highest BCUT2D eigenvalue weighted by Gasteiger charge is 2.62. The Morgan fingerprint density at radius 2 is 1.85 bits per heavy atom. The third-order valence-corrected chi connectivity index (χ3v) is 12.1. The van der Waals surface area contributed by atoms with E-state index in [1.807, 2.05) is 0 Å². The highest BCUT2D eigenvalue weighted by atomic mass is 32.2. The molecular weight excluding hydrogens is 719 g/mol. The van der Waals surface area contributed by atoms with Gasteiger partial charge in [-0.3, -0.25) is 19.1 Å². The van der Waals surface area contributed by atoms with Crippen LogP contribution in [-0.2, 0) is 41.7 Å². The topological polar surface area (TPSA) is 173 Å². The second-order valence-corrected chi connectivity index (χ2v) is 17.4. The zero-order valence-corrected chi connectivity index (χ0v) is 30.6. The fraction of sp³-hybridized carbons (Fsp3) is 0.583. The number of hydrogen-bond donors (Lipinski definition) is 3. The van der Waals surface area contributed by atoms with Crippen LogP contribution >= 0.6 is 0 Å². The summed E-state index contributed by atoms with van der Waals surface area (Å²) >= 11 is 0. The lowest BCUT2D eigenvalue weighted by Gasteiger charge is -2.35. The van der Waals surface area contributed by atoms with E-state index in [1.165, 1.54) is 23.2 Å². The molecule has 17 heteroatoms. The highest BCUT2D eigenvalue weighted by molar-refractivity contribution is 7.91. The van der Waals surface area contributed by atoms with Crippen LogP contribution in [-0.4, -0.2) is 84.2 Å². The number of sulfonamides is 1. The minimum Gasteiger partial charge on any atom is -0.472 e. The number of ether oxygens (including phenoxy) is 2. The molecule has 288 valence electrons. The van der Waals surface area contributed by atoms with Gasteiger partial charge in [-0.05, 0) is 74.1 Å². The van der Waals surface area contributed by atoms with E-state index >= 15 is 0 Å². The Morgan fingerprint density at radius 3 is 2.49 bits per heavy atom. The fourth-order valence-corrected chi connectivity index (χ4v) is 8.45. The molecule has 53 heavy (non-hydrogen) atoms. The molecule has 13 nitrogen and oxygen atoms in total. The van der Waals surface area contributed by atoms with Crippen LogP contribution < -0.4 is 20.1 Å². The average Bonchev–Trinajstić information content (AvgIpc) is 4.00. The van der Waals surface area contributed by atoms with Crippen molar-refractivity contribution in [2.24, 2.45) is 11.3 Å². The molecule has 2 aromatic rings. The van der Waals surface area contributed by atoms with Crippen LogP contribution in [0.25, 0.3) is 10.8 Å². The van der Waals surface area contributed by atoms with Crippen LogP contribution in [0.1, 0.15) is 76.8 Å². The first kappa shape index (κ1) is 38.3. The van der Waals surface area contributed by atoms with Crippen LogP contribution in [0.4, 0.5) is 18.0 Å². The zero-order chi connectivity index (χ0) is 38.5. The fourth-order valence-electron chi connectivity index (χ4n) is 7.09. The number of halogens is 3. The molecule has 2 saturated carbocycles. The molecule has 1 aromatic carbocycles. The van der Waals surface area contributed by atoms with Crippen LogP contribution in [0.2, 0.25) is 0 Å². The number of hydrogen-bond acceptors (Lipinski definition) is 9. The summed E-state index contributed by atoms with van der Waals surface area (Å²) in [7, 11) is -3.96. The van der Waals surface area contributed by atoms with E-state index in [4.69, 9.17) is 9.47 Å². The first-order valence-corrected chi connectivity index (χ1v) is 19.3. The minimum atomic E-state index is -4.68. The van der Waals surface area contributed by atoms with E-state index in [0.717, 1.165) is 6.07 Å². The first-order chi connectivity index (χ1) is 24.8. The first-order valence-electron chi connectivity index (χ1n) is 17.7. The molecule has 3 heterocycles. The van der Waals surface area contributed by atoms with Gasteiger partial charge in [0, 0.05) is 29.3 Å². The third kappa shape index (κ3) is 8.09. The van der Waals surface area contributed by atoms with Gasteiger partial charge in [-0.2, -0.15) is 13.2 Å². The molecule has 3 N–H and O–H groups in total. The maximum Gasteiger partial charge on any atom is 0.417 e. The largest absolute Gasteiger partial charge is 0.472 e. The molecular formula is C36H44F3N5O8S. The smallest absolute Gasteiger partial charge is 0.417 e. The second kappa shape index (κ2) is 14.1. The number of aryl methyl sites for hydroxylation is 1. The van der Waals surface area contributed by atoms with Crippen molar-refractivity contribution in [1.29, 1.82) is 0 Å². The van der Waals surface area contributed by atoms with Crippen molar-refractivity contribution in [3.8, 4) is 5.88 Å². The maximum absolute atomic E-state index is 14.4. The van der Waals surface area contributed by atoms with Crippen LogP contribution in [0.5, 0.6) is 5.88 Å². The number of nitrogens with zero attached hydrogens (tertiary/aromatic N) is 2. The van der Waals surface area contributed by atoms with Gasteiger partial charge >= 0.3 is 12.3 Å². The van der Waals surface area contributed by atoms with Crippen molar-refractivity contribution in [1.82, 2.24) is 25.2 Å². The summed E-state index contributed by atoms with van der Waals surface area (Å²) in [5.74, 6) is -3.09. The van der Waals surface area contributed by atoms with Crippen molar-refractivity contribution in [2.75, 3.05) is 13.2 Å². The van der Waals surface area contributed by atoms with Crippen LogP contribution in [0.15, 0.2) is 37.1 Å². The molecule has 1 aromatic heterocycles. The zero-order valence-electron chi connectivity index (χ0n) is 29.8. The maximum atomic E-state index is 14.4. The summed E-state index contributed by atoms with van der Waals surface area (Å²) in [6.45, 7) is 8.64. The van der Waals surface area contributed by atoms with E-state index in [1.54, 1.807) is 26.8 Å². The monoisotopic (exact) mass is 763 g/mol. The summed E-state index contributed by atoms with van der Waals surface area (Å²) in [6.07, 6.45) is -1.35. The van der Waals surface area contributed by atoms with Crippen LogP contribution in [0, 0.1) is 11.3 Å². The van der Waals surface area contributed by atoms with Gasteiger partial charge in [-0.15, -0.1) is 6.58 Å². The number of fused-ring (bicyclic) bond motifs is 3. The predicted octanol–water partition coefficient (Wildman–Crippen LogP) is 4.14. The quantitative estimate of drug-likeness (QED) is 0.366. The number of alkyl halides is 3. The van der Waals surface area contributed by atoms with E-state index in [9.17, 15) is 40.8 Å². The molecule has 1 saturated heterocycles. The van der Waals surface area contributed by atoms with Gasteiger partial charge in [0.2, 0.25) is 27.7 Å². The number of alkyl carbamates (subject to hydrolysis) is 1. The number of benzene rings is 1. The van der Waals surface area contributed by atoms with E-state index in [2.05, 4.69) is 26.9 Å². The summed E-state index contributed by atoms with van der Waals surface area (Å²) in [5, 5.41) is 4.64. The van der Waals surface area contributed by atoms with Crippen molar-refractivity contribution < 1.29 is 50.2 Å². The molecule has 4 aliphatic rings. The Bertz CT molecular complexity index is 1930. The van der Waals surface area contributed by atoms with E-state index < -0.39 is 85.9 Å². The van der Waals surface area contributed by atoms with Crippen molar-refractivity contribution in [3.05, 3.63) is 48.2 Å². The molecule has 4 amide bonds. The Labute approximate surface area is 305 Å². The van der Waals surface area contributed by atoms with E-state index in [-0.39, 0.29) is 42.6 Å². The lowest BCUT2D eigenvalue weighted by Crippen LogP contribution is -2.60. The lowest BCUT2D eigenvalue weighted by molar-refractivity contribution is -0.142. The number of rotatable bonds is 6. The molecule has 5 atom stereocenters. The third-order valence-electron chi connectivity index (χ3n) is 10.3. The highest BCUT2D eigenvalue weighted by Crippen LogP contribution is 2.46. The second-order valence-electron chi connectivity index (χ2n) is 15.4. The Morgan fingerprint density at radius 1 is 1.11 bits per heavy atom. The van der Waals surface area contributed by atoms with Gasteiger partial charge in [0.1, 0.15) is 23.7 Å². The number of carbonyl (C=O) groups is 4. The van der Waals surface area contributed by atoms with Crippen molar-refractivity contribution in [2.45, 2.75) is 107 Å². The minimum absolute atomic E-state index is 0.00617. The molecule has 3 fully saturated rings. The van der Waals surface area contributed by atoms with Gasteiger partial charge < -0.3 is 25.0 Å². The molecule has 2 aliphatic carbocycles. The van der Waals surface area contributed by atoms with Crippen molar-refractivity contribution >= 4 is 44.6 Å². The SMILES string of the molecule is C=C[C@@H]1C[C@]1(NC(=O)[C@@H]1C[C@@H]2CN1C(=O)[C@H](C(C)(C)C)NC(=O)OCCCCCc1cc(C(F)(F)F)c3ccnc(c3c1)O2)C(=O)NS(=O)(=O)C1CC1. The van der Waals surface area contributed by atoms with Gasteiger partial charge in [0.15, 0.2) is 0 Å². The number of carbonyl (C=O) groups excluding carboxylic acids is 4. The molecule has 0 unspecified atom stereocenters. The van der Waals surface area contributed by atoms with Crippen LogP contribution in [0.3, 0.4) is 0 Å². The standard InChI is InChI=1S/C36H44F3N5O8S/c1-5-21-18-35(21,32(47)43-53(49,50)23-10-11-23)42-29(45)27-17-22-19-44(27)31(46)28(34(2,3)4)41-33(48)51-14-8-6-7-9-20-15-25-24(12-13-40-30(25)52-22)26(16-20)36(37,38)39/h5,12-13,15-16,21-23,27-28H,1,6-11,14,17-19H2,2-4H3,(H,41,48)(H,42,45)(H,43,47)/t21-,22-,27+,28-,35-/m1/s1. The molecule has 0 spiro atoms. The Balaban J connectivity index is 1.37. The summed E-state index contributed by atoms with van der Waals surface area (Å²) < 4.78 is 82.0. The molecule has 0 radical (unpaired) electrons. The molecule has 2 aliphatic heterocycles.